The largest absolute Gasteiger partial charge is 0.271 e. The van der Waals surface area contributed by atoms with Crippen molar-refractivity contribution in [1.82, 2.24) is 5.43 Å². The van der Waals surface area contributed by atoms with E-state index in [2.05, 4.69) is 78.2 Å². The zero-order valence-electron chi connectivity index (χ0n) is 14.7. The molecule has 1 saturated carbocycles. The number of hydrazine groups is 1. The lowest BCUT2D eigenvalue weighted by molar-refractivity contribution is 0.402. The molecule has 2 heteroatoms. The summed E-state index contributed by atoms with van der Waals surface area (Å²) in [6.07, 6.45) is 0.998. The summed E-state index contributed by atoms with van der Waals surface area (Å²) < 4.78 is 0. The van der Waals surface area contributed by atoms with Crippen LogP contribution in [0.25, 0.3) is 0 Å². The van der Waals surface area contributed by atoms with E-state index in [0.29, 0.717) is 22.8 Å². The fourth-order valence-corrected chi connectivity index (χ4v) is 3.92. The van der Waals surface area contributed by atoms with Crippen molar-refractivity contribution in [2.45, 2.75) is 66.3 Å². The van der Waals surface area contributed by atoms with E-state index in [1.54, 1.807) is 0 Å². The standard InChI is InChI=1S/C19H32N2/c1-17(2,3)14-10-8-13(9-11-14)12-15(21-20)16-18(4,5)19(16,6)7/h8-11,15-16,21H,12,20H2,1-7H3. The molecule has 0 bridgehead atoms. The van der Waals surface area contributed by atoms with Crippen molar-refractivity contribution < 1.29 is 0 Å². The first kappa shape index (κ1) is 16.5. The van der Waals surface area contributed by atoms with Crippen molar-refractivity contribution in [1.29, 1.82) is 0 Å². The van der Waals surface area contributed by atoms with Gasteiger partial charge in [-0.05, 0) is 39.7 Å². The van der Waals surface area contributed by atoms with E-state index in [9.17, 15) is 0 Å². The van der Waals surface area contributed by atoms with E-state index in [1.807, 2.05) is 0 Å². The maximum absolute atomic E-state index is 5.85. The van der Waals surface area contributed by atoms with Crippen molar-refractivity contribution in [2.75, 3.05) is 0 Å². The molecule has 2 nitrogen and oxygen atoms in total. The highest BCUT2D eigenvalue weighted by molar-refractivity contribution is 5.29. The second kappa shape index (κ2) is 5.10. The highest BCUT2D eigenvalue weighted by Crippen LogP contribution is 2.69. The average molecular weight is 288 g/mol. The van der Waals surface area contributed by atoms with Crippen LogP contribution in [0.3, 0.4) is 0 Å². The van der Waals surface area contributed by atoms with E-state index in [0.717, 1.165) is 6.42 Å². The summed E-state index contributed by atoms with van der Waals surface area (Å²) in [5, 5.41) is 0. The second-order valence-corrected chi connectivity index (χ2v) is 8.85. The van der Waals surface area contributed by atoms with Gasteiger partial charge in [-0.25, -0.2) is 0 Å². The molecule has 1 aromatic rings. The zero-order chi connectivity index (χ0) is 16.1. The minimum absolute atomic E-state index is 0.213. The van der Waals surface area contributed by atoms with Crippen LogP contribution < -0.4 is 11.3 Å². The van der Waals surface area contributed by atoms with Crippen molar-refractivity contribution in [3.63, 3.8) is 0 Å². The van der Waals surface area contributed by atoms with Crippen LogP contribution in [0.15, 0.2) is 24.3 Å². The molecule has 0 amide bonds. The van der Waals surface area contributed by atoms with Crippen LogP contribution >= 0.6 is 0 Å². The Kier molecular flexibility index (Phi) is 4.01. The van der Waals surface area contributed by atoms with Gasteiger partial charge in [0, 0.05) is 6.04 Å². The monoisotopic (exact) mass is 288 g/mol. The normalized spacial score (nSPS) is 22.1. The summed E-state index contributed by atoms with van der Waals surface area (Å²) in [5.74, 6) is 6.48. The molecule has 3 N–H and O–H groups in total. The molecule has 1 fully saturated rings. The lowest BCUT2D eigenvalue weighted by atomic mass is 9.86. The first-order valence-electron chi connectivity index (χ1n) is 8.07. The Morgan fingerprint density at radius 2 is 1.52 bits per heavy atom. The predicted molar refractivity (Wildman–Crippen MR) is 91.0 cm³/mol. The Morgan fingerprint density at radius 1 is 1.05 bits per heavy atom. The van der Waals surface area contributed by atoms with Gasteiger partial charge >= 0.3 is 0 Å². The molecule has 2 rings (SSSR count). The molecule has 21 heavy (non-hydrogen) atoms. The first-order valence-corrected chi connectivity index (χ1v) is 8.07. The Labute approximate surface area is 130 Å². The smallest absolute Gasteiger partial charge is 0.0289 e. The number of nitrogens with one attached hydrogen (secondary N) is 1. The summed E-state index contributed by atoms with van der Waals surface area (Å²) in [5.41, 5.74) is 6.74. The molecular formula is C19H32N2. The third-order valence-corrected chi connectivity index (χ3v) is 6.02. The van der Waals surface area contributed by atoms with Crippen LogP contribution in [-0.4, -0.2) is 6.04 Å². The van der Waals surface area contributed by atoms with Gasteiger partial charge < -0.3 is 0 Å². The van der Waals surface area contributed by atoms with Gasteiger partial charge in [0.25, 0.3) is 0 Å². The number of nitrogens with two attached hydrogens (primary N) is 1. The van der Waals surface area contributed by atoms with Crippen molar-refractivity contribution in [3.05, 3.63) is 35.4 Å². The second-order valence-electron chi connectivity index (χ2n) is 8.85. The summed E-state index contributed by atoms with van der Waals surface area (Å²) >= 11 is 0. The Bertz CT molecular complexity index is 477. The molecule has 1 unspecified atom stereocenters. The van der Waals surface area contributed by atoms with Crippen LogP contribution in [0.1, 0.15) is 59.6 Å². The number of benzene rings is 1. The fraction of sp³-hybridized carbons (Fsp3) is 0.684. The summed E-state index contributed by atoms with van der Waals surface area (Å²) in [6, 6.07) is 9.37. The van der Waals surface area contributed by atoms with Crippen LogP contribution in [0, 0.1) is 16.7 Å². The molecule has 0 radical (unpaired) electrons. The van der Waals surface area contributed by atoms with E-state index >= 15 is 0 Å². The SMILES string of the molecule is CC(C)(C)c1ccc(CC(NN)C2C(C)(C)C2(C)C)cc1. The van der Waals surface area contributed by atoms with E-state index in [-0.39, 0.29) is 5.41 Å². The molecule has 1 aromatic carbocycles. The van der Waals surface area contributed by atoms with Crippen molar-refractivity contribution in [3.8, 4) is 0 Å². The molecule has 1 aliphatic carbocycles. The molecule has 118 valence electrons. The van der Waals surface area contributed by atoms with Crippen LogP contribution in [0.4, 0.5) is 0 Å². The van der Waals surface area contributed by atoms with Crippen LogP contribution in [0.5, 0.6) is 0 Å². The minimum Gasteiger partial charge on any atom is -0.271 e. The highest BCUT2D eigenvalue weighted by Gasteiger charge is 2.66. The summed E-state index contributed by atoms with van der Waals surface area (Å²) in [4.78, 5) is 0. The third kappa shape index (κ3) is 2.89. The van der Waals surface area contributed by atoms with E-state index in [1.165, 1.54) is 11.1 Å². The van der Waals surface area contributed by atoms with Gasteiger partial charge in [-0.1, -0.05) is 72.7 Å². The van der Waals surface area contributed by atoms with Crippen LogP contribution in [-0.2, 0) is 11.8 Å². The summed E-state index contributed by atoms with van der Waals surface area (Å²) in [6.45, 7) is 16.2. The molecule has 0 saturated heterocycles. The van der Waals surface area contributed by atoms with Gasteiger partial charge in [0.05, 0.1) is 0 Å². The first-order chi connectivity index (χ1) is 9.51. The third-order valence-electron chi connectivity index (χ3n) is 6.02. The Balaban J connectivity index is 2.10. The minimum atomic E-state index is 0.213. The zero-order valence-corrected chi connectivity index (χ0v) is 14.7. The lowest BCUT2D eigenvalue weighted by Crippen LogP contribution is -2.40. The molecule has 0 heterocycles. The van der Waals surface area contributed by atoms with Crippen molar-refractivity contribution >= 4 is 0 Å². The molecule has 0 aromatic heterocycles. The topological polar surface area (TPSA) is 38.0 Å². The predicted octanol–water partition coefficient (Wildman–Crippen LogP) is 4.04. The summed E-state index contributed by atoms with van der Waals surface area (Å²) in [7, 11) is 0. The van der Waals surface area contributed by atoms with Crippen molar-refractivity contribution in [2.24, 2.45) is 22.6 Å². The van der Waals surface area contributed by atoms with Gasteiger partial charge in [0.2, 0.25) is 0 Å². The van der Waals surface area contributed by atoms with Gasteiger partial charge in [-0.2, -0.15) is 0 Å². The molecule has 0 aliphatic heterocycles. The fourth-order valence-electron chi connectivity index (χ4n) is 3.92. The molecular weight excluding hydrogens is 256 g/mol. The number of hydrogen-bond donors (Lipinski definition) is 2. The number of hydrogen-bond acceptors (Lipinski definition) is 2. The highest BCUT2D eigenvalue weighted by atomic mass is 15.2. The van der Waals surface area contributed by atoms with Crippen LogP contribution in [0.2, 0.25) is 0 Å². The van der Waals surface area contributed by atoms with E-state index < -0.39 is 0 Å². The van der Waals surface area contributed by atoms with Gasteiger partial charge in [-0.15, -0.1) is 0 Å². The van der Waals surface area contributed by atoms with Gasteiger partial charge in [0.15, 0.2) is 0 Å². The molecule has 1 aliphatic rings. The van der Waals surface area contributed by atoms with Gasteiger partial charge in [0.1, 0.15) is 0 Å². The van der Waals surface area contributed by atoms with E-state index in [4.69, 9.17) is 5.84 Å². The number of rotatable bonds is 4. The molecule has 1 atom stereocenters. The lowest BCUT2D eigenvalue weighted by Gasteiger charge is -2.21. The Hall–Kier alpha value is -0.860. The van der Waals surface area contributed by atoms with Gasteiger partial charge in [-0.3, -0.25) is 11.3 Å². The quantitative estimate of drug-likeness (QED) is 0.648. The maximum atomic E-state index is 5.85. The Morgan fingerprint density at radius 3 is 1.86 bits per heavy atom. The maximum Gasteiger partial charge on any atom is 0.0289 e. The average Bonchev–Trinajstić information content (AvgIpc) is 2.77. The molecule has 0 spiro atoms.